The summed E-state index contributed by atoms with van der Waals surface area (Å²) < 4.78 is 0. The van der Waals surface area contributed by atoms with Crippen molar-refractivity contribution in [3.63, 3.8) is 0 Å². The minimum Gasteiger partial charge on any atom is -0.336 e. The Kier molecular flexibility index (Phi) is 4.86. The molecule has 1 saturated heterocycles. The fourth-order valence-corrected chi connectivity index (χ4v) is 4.85. The van der Waals surface area contributed by atoms with Gasteiger partial charge in [-0.2, -0.15) is 0 Å². The lowest BCUT2D eigenvalue weighted by Gasteiger charge is -2.38. The average molecular weight is 408 g/mol. The van der Waals surface area contributed by atoms with Crippen LogP contribution in [0.15, 0.2) is 30.4 Å². The monoisotopic (exact) mass is 407 g/mol. The topological polar surface area (TPSA) is 78.5 Å². The quantitative estimate of drug-likeness (QED) is 0.593. The molecule has 0 aromatic heterocycles. The number of carbonyl (C=O) groups is 3. The van der Waals surface area contributed by atoms with Crippen LogP contribution in [0.1, 0.15) is 12.8 Å². The number of fused-ring (bicyclic) bond motifs is 1. The van der Waals surface area contributed by atoms with Crippen molar-refractivity contribution < 1.29 is 14.4 Å². The molecule has 142 valence electrons. The van der Waals surface area contributed by atoms with Crippen molar-refractivity contribution in [1.82, 2.24) is 10.2 Å². The fourth-order valence-electron chi connectivity index (χ4n) is 4.39. The summed E-state index contributed by atoms with van der Waals surface area (Å²) in [5, 5.41) is 6.08. The highest BCUT2D eigenvalue weighted by Gasteiger charge is 2.56. The Labute approximate surface area is 166 Å². The first-order valence-corrected chi connectivity index (χ1v) is 9.75. The van der Waals surface area contributed by atoms with Crippen molar-refractivity contribution in [2.45, 2.75) is 12.8 Å². The van der Waals surface area contributed by atoms with Gasteiger partial charge in [-0.25, -0.2) is 4.79 Å². The number of hydrogen-bond donors (Lipinski definition) is 2. The van der Waals surface area contributed by atoms with Crippen LogP contribution in [0.4, 0.5) is 10.5 Å². The number of nitrogens with one attached hydrogen (secondary N) is 2. The summed E-state index contributed by atoms with van der Waals surface area (Å²) in [6.07, 6.45) is 6.12. The summed E-state index contributed by atoms with van der Waals surface area (Å²) in [5.41, 5.74) is 0.431. The van der Waals surface area contributed by atoms with Crippen molar-refractivity contribution in [1.29, 1.82) is 0 Å². The zero-order chi connectivity index (χ0) is 19.1. The van der Waals surface area contributed by atoms with Crippen LogP contribution in [-0.4, -0.2) is 35.8 Å². The molecule has 1 heterocycles. The molecule has 8 heteroatoms. The maximum atomic E-state index is 12.7. The average Bonchev–Trinajstić information content (AvgIpc) is 2.92. The van der Waals surface area contributed by atoms with E-state index >= 15 is 0 Å². The van der Waals surface area contributed by atoms with Crippen molar-refractivity contribution in [3.05, 3.63) is 40.4 Å². The second-order valence-corrected chi connectivity index (χ2v) is 8.02. The molecule has 1 aliphatic heterocycles. The van der Waals surface area contributed by atoms with Crippen molar-refractivity contribution in [2.24, 2.45) is 23.7 Å². The Balaban J connectivity index is 1.32. The van der Waals surface area contributed by atoms with E-state index in [1.54, 1.807) is 12.1 Å². The smallest absolute Gasteiger partial charge is 0.319 e. The lowest BCUT2D eigenvalue weighted by molar-refractivity contribution is -0.140. The Morgan fingerprint density at radius 2 is 1.70 bits per heavy atom. The first kappa shape index (κ1) is 18.3. The highest BCUT2D eigenvalue weighted by atomic mass is 35.5. The van der Waals surface area contributed by atoms with Crippen LogP contribution < -0.4 is 10.6 Å². The molecule has 4 unspecified atom stereocenters. The number of benzene rings is 1. The van der Waals surface area contributed by atoms with Crippen LogP contribution in [-0.2, 0) is 9.59 Å². The second-order valence-electron chi connectivity index (χ2n) is 7.17. The molecule has 1 aromatic carbocycles. The molecule has 4 amide bonds. The lowest BCUT2D eigenvalue weighted by Crippen LogP contribution is -2.40. The number of hydrogen-bond acceptors (Lipinski definition) is 3. The second kappa shape index (κ2) is 7.17. The molecule has 3 aliphatic carbocycles. The minimum absolute atomic E-state index is 0.105. The summed E-state index contributed by atoms with van der Waals surface area (Å²) in [6, 6.07) is 4.29. The SMILES string of the molecule is O=C(NCCN1C(=O)C2C3C=CC(CC3)C2C1=O)Nc1ccc(Cl)cc1Cl. The van der Waals surface area contributed by atoms with Gasteiger partial charge < -0.3 is 10.6 Å². The van der Waals surface area contributed by atoms with Crippen molar-refractivity contribution >= 4 is 46.7 Å². The number of rotatable bonds is 4. The fraction of sp³-hybridized carbons (Fsp3) is 0.421. The molecule has 0 radical (unpaired) electrons. The number of nitrogens with zero attached hydrogens (tertiary/aromatic N) is 1. The first-order valence-electron chi connectivity index (χ1n) is 8.99. The van der Waals surface area contributed by atoms with Crippen LogP contribution in [0.5, 0.6) is 0 Å². The zero-order valence-corrected chi connectivity index (χ0v) is 16.0. The van der Waals surface area contributed by atoms with Gasteiger partial charge in [0, 0.05) is 18.1 Å². The van der Waals surface area contributed by atoms with Crippen LogP contribution in [0, 0.1) is 23.7 Å². The first-order chi connectivity index (χ1) is 13.0. The molecule has 1 aromatic rings. The largest absolute Gasteiger partial charge is 0.336 e. The van der Waals surface area contributed by atoms with Crippen LogP contribution in [0.2, 0.25) is 10.0 Å². The molecule has 2 N–H and O–H groups in total. The van der Waals surface area contributed by atoms with E-state index in [0.29, 0.717) is 15.7 Å². The van der Waals surface area contributed by atoms with Gasteiger partial charge in [0.2, 0.25) is 11.8 Å². The molecule has 4 atom stereocenters. The summed E-state index contributed by atoms with van der Waals surface area (Å²) in [7, 11) is 0. The van der Waals surface area contributed by atoms with Crippen LogP contribution in [0.25, 0.3) is 0 Å². The third kappa shape index (κ3) is 3.32. The van der Waals surface area contributed by atoms with Crippen LogP contribution >= 0.6 is 23.2 Å². The maximum Gasteiger partial charge on any atom is 0.319 e. The van der Waals surface area contributed by atoms with Gasteiger partial charge in [-0.3, -0.25) is 14.5 Å². The van der Waals surface area contributed by atoms with Gasteiger partial charge in [0.15, 0.2) is 0 Å². The van der Waals surface area contributed by atoms with E-state index in [-0.39, 0.29) is 48.6 Å². The van der Waals surface area contributed by atoms with Gasteiger partial charge in [-0.05, 0) is 42.9 Å². The van der Waals surface area contributed by atoms with E-state index in [4.69, 9.17) is 23.2 Å². The summed E-state index contributed by atoms with van der Waals surface area (Å²) >= 11 is 11.8. The van der Waals surface area contributed by atoms with Gasteiger partial charge in [0.25, 0.3) is 0 Å². The molecule has 5 rings (SSSR count). The van der Waals surface area contributed by atoms with Gasteiger partial charge in [-0.1, -0.05) is 35.4 Å². The highest BCUT2D eigenvalue weighted by Crippen LogP contribution is 2.49. The number of amides is 4. The molecule has 27 heavy (non-hydrogen) atoms. The Hall–Kier alpha value is -2.05. The standard InChI is InChI=1S/C19H19Cl2N3O3/c20-12-5-6-14(13(21)9-12)23-19(27)22-7-8-24-17(25)15-10-1-2-11(4-3-10)16(15)18(24)26/h1-2,5-6,9-11,15-16H,3-4,7-8H2,(H2,22,23,27). The predicted octanol–water partition coefficient (Wildman–Crippen LogP) is 3.31. The molecule has 2 bridgehead atoms. The van der Waals surface area contributed by atoms with Gasteiger partial charge in [-0.15, -0.1) is 0 Å². The van der Waals surface area contributed by atoms with Crippen LogP contribution in [0.3, 0.4) is 0 Å². The Bertz CT molecular complexity index is 809. The lowest BCUT2D eigenvalue weighted by atomic mass is 9.63. The van der Waals surface area contributed by atoms with Gasteiger partial charge in [0.1, 0.15) is 0 Å². The molecule has 4 aliphatic rings. The van der Waals surface area contributed by atoms with E-state index in [2.05, 4.69) is 22.8 Å². The number of imide groups is 1. The summed E-state index contributed by atoms with van der Waals surface area (Å²) in [5.74, 6) is -0.306. The van der Waals surface area contributed by atoms with E-state index in [1.165, 1.54) is 11.0 Å². The number of allylic oxidation sites excluding steroid dienone is 2. The number of anilines is 1. The Morgan fingerprint density at radius 1 is 1.07 bits per heavy atom. The number of halogens is 2. The van der Waals surface area contributed by atoms with Crippen molar-refractivity contribution in [3.8, 4) is 0 Å². The van der Waals surface area contributed by atoms with E-state index in [1.807, 2.05) is 0 Å². The third-order valence-electron chi connectivity index (χ3n) is 5.65. The summed E-state index contributed by atoms with van der Waals surface area (Å²) in [6.45, 7) is 0.350. The number of likely N-dealkylation sites (tertiary alicyclic amines) is 1. The molecule has 1 saturated carbocycles. The molecular weight excluding hydrogens is 389 g/mol. The maximum absolute atomic E-state index is 12.7. The Morgan fingerprint density at radius 3 is 2.26 bits per heavy atom. The highest BCUT2D eigenvalue weighted by molar-refractivity contribution is 6.36. The molecule has 0 spiro atoms. The summed E-state index contributed by atoms with van der Waals surface area (Å²) in [4.78, 5) is 38.7. The van der Waals surface area contributed by atoms with Gasteiger partial charge >= 0.3 is 6.03 Å². The normalized spacial score (nSPS) is 28.4. The molecular formula is C19H19Cl2N3O3. The van der Waals surface area contributed by atoms with E-state index in [0.717, 1.165) is 12.8 Å². The van der Waals surface area contributed by atoms with Gasteiger partial charge in [0.05, 0.1) is 22.5 Å². The number of carbonyl (C=O) groups excluding carboxylic acids is 3. The van der Waals surface area contributed by atoms with Crippen molar-refractivity contribution in [2.75, 3.05) is 18.4 Å². The molecule has 6 nitrogen and oxygen atoms in total. The van der Waals surface area contributed by atoms with E-state index in [9.17, 15) is 14.4 Å². The zero-order valence-electron chi connectivity index (χ0n) is 14.5. The van der Waals surface area contributed by atoms with E-state index < -0.39 is 6.03 Å². The molecule has 2 fully saturated rings. The number of urea groups is 1. The minimum atomic E-state index is -0.461. The predicted molar refractivity (Wildman–Crippen MR) is 103 cm³/mol. The third-order valence-corrected chi connectivity index (χ3v) is 6.20.